The van der Waals surface area contributed by atoms with Gasteiger partial charge in [-0.25, -0.2) is 4.98 Å². The van der Waals surface area contributed by atoms with Crippen molar-refractivity contribution in [2.45, 2.75) is 39.2 Å². The van der Waals surface area contributed by atoms with Gasteiger partial charge >= 0.3 is 0 Å². The van der Waals surface area contributed by atoms with Crippen molar-refractivity contribution in [3.63, 3.8) is 0 Å². The van der Waals surface area contributed by atoms with Crippen LogP contribution >= 0.6 is 11.6 Å². The maximum Gasteiger partial charge on any atom is 0.251 e. The molecule has 1 saturated carbocycles. The van der Waals surface area contributed by atoms with Gasteiger partial charge in [-0.05, 0) is 43.2 Å². The van der Waals surface area contributed by atoms with Crippen molar-refractivity contribution >= 4 is 23.3 Å². The fraction of sp³-hybridized carbons (Fsp3) is 0.600. The second-order valence-electron chi connectivity index (χ2n) is 5.90. The van der Waals surface area contributed by atoms with Crippen LogP contribution in [-0.2, 0) is 0 Å². The van der Waals surface area contributed by atoms with Crippen molar-refractivity contribution in [1.29, 1.82) is 0 Å². The van der Waals surface area contributed by atoms with E-state index in [2.05, 4.69) is 29.5 Å². The molecular formula is C15H22ClN3O. The lowest BCUT2D eigenvalue weighted by molar-refractivity contribution is 0.0911. The fourth-order valence-electron chi connectivity index (χ4n) is 3.09. The third-order valence-electron chi connectivity index (χ3n) is 3.83. The standard InChI is InChI=1S/C15H22ClN3O/c1-9-4-10(2)6-12(5-9)18-15(20)11-7-13(16)19-14(8-11)17-3/h7-10,12H,4-6H2,1-3H3,(H,17,19)(H,18,20). The van der Waals surface area contributed by atoms with E-state index in [1.165, 1.54) is 6.42 Å². The third kappa shape index (κ3) is 3.85. The summed E-state index contributed by atoms with van der Waals surface area (Å²) in [6.45, 7) is 4.49. The Hall–Kier alpha value is -1.29. The van der Waals surface area contributed by atoms with Gasteiger partial charge in [0.1, 0.15) is 11.0 Å². The van der Waals surface area contributed by atoms with Gasteiger partial charge in [-0.3, -0.25) is 4.79 Å². The number of amides is 1. The Morgan fingerprint density at radius 1 is 1.25 bits per heavy atom. The molecule has 2 atom stereocenters. The van der Waals surface area contributed by atoms with Crippen LogP contribution in [0.5, 0.6) is 0 Å². The van der Waals surface area contributed by atoms with E-state index in [0.717, 1.165) is 12.8 Å². The first-order valence-electron chi connectivity index (χ1n) is 7.14. The van der Waals surface area contributed by atoms with Crippen LogP contribution in [0.1, 0.15) is 43.5 Å². The number of carbonyl (C=O) groups is 1. The molecule has 2 N–H and O–H groups in total. The Kier molecular flexibility index (Phi) is 4.86. The van der Waals surface area contributed by atoms with Crippen LogP contribution < -0.4 is 10.6 Å². The van der Waals surface area contributed by atoms with Crippen LogP contribution in [0.25, 0.3) is 0 Å². The number of carbonyl (C=O) groups excluding carboxylic acids is 1. The summed E-state index contributed by atoms with van der Waals surface area (Å²) in [6, 6.07) is 3.58. The number of aromatic nitrogens is 1. The van der Waals surface area contributed by atoms with Gasteiger partial charge in [0.2, 0.25) is 0 Å². The fourth-order valence-corrected chi connectivity index (χ4v) is 3.30. The van der Waals surface area contributed by atoms with Crippen LogP contribution in [0.2, 0.25) is 5.15 Å². The predicted octanol–water partition coefficient (Wildman–Crippen LogP) is 3.33. The van der Waals surface area contributed by atoms with Gasteiger partial charge in [-0.1, -0.05) is 25.4 Å². The molecule has 0 radical (unpaired) electrons. The SMILES string of the molecule is CNc1cc(C(=O)NC2CC(C)CC(C)C2)cc(Cl)n1. The quantitative estimate of drug-likeness (QED) is 0.841. The summed E-state index contributed by atoms with van der Waals surface area (Å²) in [5, 5.41) is 6.35. The molecule has 4 nitrogen and oxygen atoms in total. The first-order valence-corrected chi connectivity index (χ1v) is 7.52. The Bertz CT molecular complexity index is 482. The Morgan fingerprint density at radius 3 is 2.50 bits per heavy atom. The van der Waals surface area contributed by atoms with Crippen LogP contribution in [-0.4, -0.2) is 24.0 Å². The number of pyridine rings is 1. The molecule has 2 rings (SSSR count). The van der Waals surface area contributed by atoms with Gasteiger partial charge < -0.3 is 10.6 Å². The molecule has 0 aliphatic heterocycles. The molecule has 0 spiro atoms. The van der Waals surface area contributed by atoms with Crippen LogP contribution in [0, 0.1) is 11.8 Å². The van der Waals surface area contributed by atoms with E-state index in [0.29, 0.717) is 28.4 Å². The summed E-state index contributed by atoms with van der Waals surface area (Å²) >= 11 is 5.93. The highest BCUT2D eigenvalue weighted by Crippen LogP contribution is 2.28. The van der Waals surface area contributed by atoms with E-state index < -0.39 is 0 Å². The number of nitrogens with one attached hydrogen (secondary N) is 2. The highest BCUT2D eigenvalue weighted by atomic mass is 35.5. The Balaban J connectivity index is 2.06. The normalized spacial score (nSPS) is 26.1. The lowest BCUT2D eigenvalue weighted by Gasteiger charge is -2.32. The number of nitrogens with zero attached hydrogens (tertiary/aromatic N) is 1. The molecule has 1 amide bonds. The average molecular weight is 296 g/mol. The molecule has 0 aromatic carbocycles. The van der Waals surface area contributed by atoms with Crippen LogP contribution in [0.3, 0.4) is 0 Å². The zero-order chi connectivity index (χ0) is 14.7. The highest BCUT2D eigenvalue weighted by molar-refractivity contribution is 6.29. The minimum Gasteiger partial charge on any atom is -0.373 e. The van der Waals surface area contributed by atoms with Gasteiger partial charge in [0.05, 0.1) is 0 Å². The number of halogens is 1. The largest absolute Gasteiger partial charge is 0.373 e. The predicted molar refractivity (Wildman–Crippen MR) is 82.2 cm³/mol. The molecule has 1 aromatic heterocycles. The Labute approximate surface area is 125 Å². The third-order valence-corrected chi connectivity index (χ3v) is 4.02. The van der Waals surface area contributed by atoms with Crippen molar-refractivity contribution in [3.8, 4) is 0 Å². The topological polar surface area (TPSA) is 54.0 Å². The second-order valence-corrected chi connectivity index (χ2v) is 6.29. The molecule has 110 valence electrons. The summed E-state index contributed by atoms with van der Waals surface area (Å²) in [5.41, 5.74) is 0.556. The summed E-state index contributed by atoms with van der Waals surface area (Å²) < 4.78 is 0. The molecule has 1 aliphatic carbocycles. The van der Waals surface area contributed by atoms with E-state index in [1.807, 2.05) is 0 Å². The first-order chi connectivity index (χ1) is 9.47. The molecule has 1 heterocycles. The van der Waals surface area contributed by atoms with E-state index in [-0.39, 0.29) is 11.9 Å². The van der Waals surface area contributed by atoms with Gasteiger partial charge in [0.15, 0.2) is 0 Å². The molecule has 20 heavy (non-hydrogen) atoms. The smallest absolute Gasteiger partial charge is 0.251 e. The molecule has 0 bridgehead atoms. The maximum absolute atomic E-state index is 12.3. The average Bonchev–Trinajstić information content (AvgIpc) is 2.36. The second kappa shape index (κ2) is 6.44. The first kappa shape index (κ1) is 15.1. The number of rotatable bonds is 3. The summed E-state index contributed by atoms with van der Waals surface area (Å²) in [7, 11) is 1.75. The summed E-state index contributed by atoms with van der Waals surface area (Å²) in [4.78, 5) is 16.4. The molecule has 2 unspecified atom stereocenters. The molecule has 1 aliphatic rings. The highest BCUT2D eigenvalue weighted by Gasteiger charge is 2.25. The Morgan fingerprint density at radius 2 is 1.90 bits per heavy atom. The van der Waals surface area contributed by atoms with Crippen molar-refractivity contribution in [2.24, 2.45) is 11.8 Å². The van der Waals surface area contributed by atoms with Gasteiger partial charge in [0, 0.05) is 18.7 Å². The van der Waals surface area contributed by atoms with Crippen molar-refractivity contribution in [2.75, 3.05) is 12.4 Å². The maximum atomic E-state index is 12.3. The van der Waals surface area contributed by atoms with Gasteiger partial charge in [-0.2, -0.15) is 0 Å². The molecular weight excluding hydrogens is 274 g/mol. The van der Waals surface area contributed by atoms with Gasteiger partial charge in [-0.15, -0.1) is 0 Å². The van der Waals surface area contributed by atoms with Crippen LogP contribution in [0.4, 0.5) is 5.82 Å². The molecule has 1 aromatic rings. The van der Waals surface area contributed by atoms with E-state index in [9.17, 15) is 4.79 Å². The van der Waals surface area contributed by atoms with Crippen molar-refractivity contribution < 1.29 is 4.79 Å². The number of anilines is 1. The lowest BCUT2D eigenvalue weighted by atomic mass is 9.80. The molecule has 0 saturated heterocycles. The summed E-state index contributed by atoms with van der Waals surface area (Å²) in [5.74, 6) is 1.86. The zero-order valence-corrected chi connectivity index (χ0v) is 13.0. The monoisotopic (exact) mass is 295 g/mol. The van der Waals surface area contributed by atoms with Crippen LogP contribution in [0.15, 0.2) is 12.1 Å². The van der Waals surface area contributed by atoms with Gasteiger partial charge in [0.25, 0.3) is 5.91 Å². The van der Waals surface area contributed by atoms with E-state index >= 15 is 0 Å². The minimum atomic E-state index is -0.0721. The number of hydrogen-bond donors (Lipinski definition) is 2. The molecule has 1 fully saturated rings. The van der Waals surface area contributed by atoms with Crippen molar-refractivity contribution in [3.05, 3.63) is 22.8 Å². The lowest BCUT2D eigenvalue weighted by Crippen LogP contribution is -2.40. The summed E-state index contributed by atoms with van der Waals surface area (Å²) in [6.07, 6.45) is 3.35. The molecule has 5 heteroatoms. The number of hydrogen-bond acceptors (Lipinski definition) is 3. The van der Waals surface area contributed by atoms with E-state index in [1.54, 1.807) is 19.2 Å². The van der Waals surface area contributed by atoms with E-state index in [4.69, 9.17) is 11.6 Å². The zero-order valence-electron chi connectivity index (χ0n) is 12.2. The van der Waals surface area contributed by atoms with Crippen molar-refractivity contribution in [1.82, 2.24) is 10.3 Å². The minimum absolute atomic E-state index is 0.0721.